The van der Waals surface area contributed by atoms with Crippen molar-refractivity contribution in [1.29, 1.82) is 0 Å². The van der Waals surface area contributed by atoms with Gasteiger partial charge in [-0.05, 0) is 37.3 Å². The molecule has 104 valence electrons. The van der Waals surface area contributed by atoms with Crippen LogP contribution in [0, 0.1) is 5.41 Å². The van der Waals surface area contributed by atoms with E-state index in [1.54, 1.807) is 37.5 Å². The SMILES string of the molecule is C=C[C@@](C)(OC(=O)c1ccc(OC)cc1)C(C)(C)C. The van der Waals surface area contributed by atoms with Crippen molar-refractivity contribution in [2.75, 3.05) is 7.11 Å². The highest BCUT2D eigenvalue weighted by Crippen LogP contribution is 2.35. The Hall–Kier alpha value is -1.77. The first-order chi connectivity index (χ1) is 8.73. The summed E-state index contributed by atoms with van der Waals surface area (Å²) in [6, 6.07) is 6.85. The number of methoxy groups -OCH3 is 1. The molecule has 1 aromatic carbocycles. The summed E-state index contributed by atoms with van der Waals surface area (Å²) in [5.41, 5.74) is -0.445. The van der Waals surface area contributed by atoms with E-state index in [1.165, 1.54) is 0 Å². The van der Waals surface area contributed by atoms with E-state index in [2.05, 4.69) is 6.58 Å². The number of esters is 1. The molecule has 1 rings (SSSR count). The maximum Gasteiger partial charge on any atom is 0.339 e. The van der Waals surface area contributed by atoms with Gasteiger partial charge in [0.05, 0.1) is 12.7 Å². The third-order valence-electron chi connectivity index (χ3n) is 3.51. The Morgan fingerprint density at radius 3 is 2.05 bits per heavy atom. The number of hydrogen-bond donors (Lipinski definition) is 0. The lowest BCUT2D eigenvalue weighted by molar-refractivity contribution is -0.0366. The molecule has 0 saturated carbocycles. The summed E-state index contributed by atoms with van der Waals surface area (Å²) in [6.45, 7) is 11.7. The molecule has 0 aliphatic heterocycles. The monoisotopic (exact) mass is 262 g/mol. The van der Waals surface area contributed by atoms with Gasteiger partial charge in [0.1, 0.15) is 11.4 Å². The normalized spacial score (nSPS) is 14.4. The smallest absolute Gasteiger partial charge is 0.339 e. The summed E-state index contributed by atoms with van der Waals surface area (Å²) in [6.07, 6.45) is 1.68. The maximum absolute atomic E-state index is 12.2. The summed E-state index contributed by atoms with van der Waals surface area (Å²) in [5.74, 6) is 0.346. The predicted octanol–water partition coefficient (Wildman–Crippen LogP) is 3.84. The highest BCUT2D eigenvalue weighted by Gasteiger charge is 2.38. The van der Waals surface area contributed by atoms with E-state index in [1.807, 2.05) is 27.7 Å². The molecule has 0 saturated heterocycles. The van der Waals surface area contributed by atoms with Gasteiger partial charge in [-0.1, -0.05) is 27.4 Å². The van der Waals surface area contributed by atoms with Gasteiger partial charge in [0.15, 0.2) is 0 Å². The lowest BCUT2D eigenvalue weighted by Crippen LogP contribution is -2.42. The van der Waals surface area contributed by atoms with Crippen molar-refractivity contribution in [3.8, 4) is 5.75 Å². The molecule has 1 atom stereocenters. The molecule has 0 aliphatic carbocycles. The molecule has 0 radical (unpaired) electrons. The Labute approximate surface area is 115 Å². The van der Waals surface area contributed by atoms with Crippen LogP contribution in [0.15, 0.2) is 36.9 Å². The standard InChI is InChI=1S/C16H22O3/c1-7-16(5,15(2,3)4)19-14(17)12-8-10-13(18-6)11-9-12/h7-11H,1H2,2-6H3/t16-/m1/s1. The van der Waals surface area contributed by atoms with Crippen molar-refractivity contribution in [2.45, 2.75) is 33.3 Å². The van der Waals surface area contributed by atoms with Gasteiger partial charge in [0.2, 0.25) is 0 Å². The van der Waals surface area contributed by atoms with Crippen LogP contribution in [0.4, 0.5) is 0 Å². The van der Waals surface area contributed by atoms with Gasteiger partial charge in [-0.2, -0.15) is 0 Å². The molecule has 0 aliphatic rings. The number of hydrogen-bond acceptors (Lipinski definition) is 3. The van der Waals surface area contributed by atoms with E-state index in [9.17, 15) is 4.79 Å². The fourth-order valence-electron chi connectivity index (χ4n) is 1.48. The van der Waals surface area contributed by atoms with Crippen LogP contribution in [-0.2, 0) is 4.74 Å². The second-order valence-electron chi connectivity index (χ2n) is 5.68. The van der Waals surface area contributed by atoms with E-state index in [4.69, 9.17) is 9.47 Å². The van der Waals surface area contributed by atoms with Crippen LogP contribution >= 0.6 is 0 Å². The van der Waals surface area contributed by atoms with Crippen LogP contribution in [0.3, 0.4) is 0 Å². The molecule has 3 heteroatoms. The molecule has 0 aromatic heterocycles. The third-order valence-corrected chi connectivity index (χ3v) is 3.51. The quantitative estimate of drug-likeness (QED) is 0.611. The molecule has 0 amide bonds. The molecule has 0 fully saturated rings. The second kappa shape index (κ2) is 5.47. The Morgan fingerprint density at radius 1 is 1.16 bits per heavy atom. The Morgan fingerprint density at radius 2 is 1.68 bits per heavy atom. The lowest BCUT2D eigenvalue weighted by Gasteiger charge is -2.38. The van der Waals surface area contributed by atoms with E-state index in [0.29, 0.717) is 11.3 Å². The van der Waals surface area contributed by atoms with Gasteiger partial charge in [-0.25, -0.2) is 4.79 Å². The lowest BCUT2D eigenvalue weighted by atomic mass is 9.77. The van der Waals surface area contributed by atoms with E-state index in [-0.39, 0.29) is 11.4 Å². The van der Waals surface area contributed by atoms with Gasteiger partial charge >= 0.3 is 5.97 Å². The van der Waals surface area contributed by atoms with Crippen LogP contribution in [-0.4, -0.2) is 18.7 Å². The predicted molar refractivity (Wildman–Crippen MR) is 76.5 cm³/mol. The fraction of sp³-hybridized carbons (Fsp3) is 0.438. The van der Waals surface area contributed by atoms with E-state index < -0.39 is 5.60 Å². The molecule has 3 nitrogen and oxygen atoms in total. The number of carbonyl (C=O) groups excluding carboxylic acids is 1. The molecule has 0 bridgehead atoms. The van der Waals surface area contributed by atoms with Gasteiger partial charge in [0, 0.05) is 5.41 Å². The van der Waals surface area contributed by atoms with Crippen LogP contribution < -0.4 is 4.74 Å². The summed E-state index contributed by atoms with van der Waals surface area (Å²) in [7, 11) is 1.59. The number of benzene rings is 1. The zero-order chi connectivity index (χ0) is 14.7. The first-order valence-electron chi connectivity index (χ1n) is 6.24. The average Bonchev–Trinajstić information content (AvgIpc) is 2.37. The summed E-state index contributed by atoms with van der Waals surface area (Å²) in [5, 5.41) is 0. The average molecular weight is 262 g/mol. The third kappa shape index (κ3) is 3.37. The fourth-order valence-corrected chi connectivity index (χ4v) is 1.48. The van der Waals surface area contributed by atoms with Crippen molar-refractivity contribution in [3.63, 3.8) is 0 Å². The van der Waals surface area contributed by atoms with Crippen LogP contribution in [0.5, 0.6) is 5.75 Å². The molecule has 0 heterocycles. The minimum atomic E-state index is -0.718. The summed E-state index contributed by atoms with van der Waals surface area (Å²) in [4.78, 5) is 12.2. The van der Waals surface area contributed by atoms with Crippen molar-refractivity contribution >= 4 is 5.97 Å². The van der Waals surface area contributed by atoms with Crippen LogP contribution in [0.1, 0.15) is 38.1 Å². The largest absolute Gasteiger partial charge is 0.497 e. The molecular weight excluding hydrogens is 240 g/mol. The minimum absolute atomic E-state index is 0.225. The highest BCUT2D eigenvalue weighted by molar-refractivity contribution is 5.90. The maximum atomic E-state index is 12.2. The Kier molecular flexibility index (Phi) is 4.40. The first kappa shape index (κ1) is 15.3. The number of rotatable bonds is 4. The van der Waals surface area contributed by atoms with Gasteiger partial charge < -0.3 is 9.47 Å². The minimum Gasteiger partial charge on any atom is -0.497 e. The van der Waals surface area contributed by atoms with Gasteiger partial charge in [-0.15, -0.1) is 0 Å². The zero-order valence-corrected chi connectivity index (χ0v) is 12.3. The topological polar surface area (TPSA) is 35.5 Å². The van der Waals surface area contributed by atoms with E-state index in [0.717, 1.165) is 0 Å². The van der Waals surface area contributed by atoms with Gasteiger partial charge in [-0.3, -0.25) is 0 Å². The molecule has 19 heavy (non-hydrogen) atoms. The van der Waals surface area contributed by atoms with Gasteiger partial charge in [0.25, 0.3) is 0 Å². The number of ether oxygens (including phenoxy) is 2. The molecule has 0 N–H and O–H groups in total. The van der Waals surface area contributed by atoms with Crippen molar-refractivity contribution in [3.05, 3.63) is 42.5 Å². The van der Waals surface area contributed by atoms with Crippen molar-refractivity contribution < 1.29 is 14.3 Å². The molecular formula is C16H22O3. The zero-order valence-electron chi connectivity index (χ0n) is 12.3. The summed E-state index contributed by atoms with van der Waals surface area (Å²) < 4.78 is 10.7. The summed E-state index contributed by atoms with van der Waals surface area (Å²) >= 11 is 0. The van der Waals surface area contributed by atoms with E-state index >= 15 is 0 Å². The van der Waals surface area contributed by atoms with Crippen LogP contribution in [0.2, 0.25) is 0 Å². The molecule has 1 aromatic rings. The second-order valence-corrected chi connectivity index (χ2v) is 5.68. The molecule has 0 unspecified atom stereocenters. The van der Waals surface area contributed by atoms with Crippen LogP contribution in [0.25, 0.3) is 0 Å². The van der Waals surface area contributed by atoms with Crippen molar-refractivity contribution in [2.24, 2.45) is 5.41 Å². The van der Waals surface area contributed by atoms with Crippen molar-refractivity contribution in [1.82, 2.24) is 0 Å². The molecule has 0 spiro atoms. The number of carbonyl (C=O) groups is 1. The Bertz CT molecular complexity index is 454. The first-order valence-corrected chi connectivity index (χ1v) is 6.24. The Balaban J connectivity index is 2.92. The highest BCUT2D eigenvalue weighted by atomic mass is 16.6.